The van der Waals surface area contributed by atoms with E-state index in [1.54, 1.807) is 5.59 Å². The molecule has 5 atom stereocenters. The molecule has 28 heavy (non-hydrogen) atoms. The lowest BCUT2D eigenvalue weighted by molar-refractivity contribution is -0.156. The Bertz CT molecular complexity index is 582. The van der Waals surface area contributed by atoms with E-state index in [1.165, 1.54) is 0 Å². The van der Waals surface area contributed by atoms with Crippen molar-refractivity contribution in [3.05, 3.63) is 0 Å². The molecular formula is C18H31N3O7. The number of ether oxygens (including phenoxy) is 4. The van der Waals surface area contributed by atoms with Gasteiger partial charge >= 0.3 is 11.9 Å². The normalized spacial score (nSPS) is 28.4. The number of esters is 2. The second-order valence-electron chi connectivity index (χ2n) is 8.01. The summed E-state index contributed by atoms with van der Waals surface area (Å²) >= 11 is 0. The average molecular weight is 401 g/mol. The summed E-state index contributed by atoms with van der Waals surface area (Å²) in [7, 11) is 0. The van der Waals surface area contributed by atoms with Crippen molar-refractivity contribution >= 4 is 17.7 Å². The summed E-state index contributed by atoms with van der Waals surface area (Å²) in [6.45, 7) is 8.05. The average Bonchev–Trinajstić information content (AvgIpc) is 3.17. The molecule has 2 aliphatic rings. The minimum Gasteiger partial charge on any atom is -0.456 e. The Morgan fingerprint density at radius 1 is 1.11 bits per heavy atom. The van der Waals surface area contributed by atoms with Crippen LogP contribution in [0.2, 0.25) is 0 Å². The fourth-order valence-corrected chi connectivity index (χ4v) is 3.30. The second kappa shape index (κ2) is 10.1. The van der Waals surface area contributed by atoms with E-state index in [1.807, 2.05) is 27.7 Å². The smallest absolute Gasteiger partial charge is 0.355 e. The van der Waals surface area contributed by atoms with Crippen LogP contribution < -0.4 is 11.3 Å². The van der Waals surface area contributed by atoms with Crippen molar-refractivity contribution in [3.8, 4) is 0 Å². The zero-order chi connectivity index (χ0) is 20.8. The van der Waals surface area contributed by atoms with Gasteiger partial charge in [-0.1, -0.05) is 27.7 Å². The Balaban J connectivity index is 1.91. The van der Waals surface area contributed by atoms with Crippen LogP contribution in [0.15, 0.2) is 5.10 Å². The van der Waals surface area contributed by atoms with Gasteiger partial charge in [0, 0.05) is 6.42 Å². The van der Waals surface area contributed by atoms with Crippen molar-refractivity contribution in [1.82, 2.24) is 5.59 Å². The molecule has 0 amide bonds. The fourth-order valence-electron chi connectivity index (χ4n) is 3.30. The third-order valence-corrected chi connectivity index (χ3v) is 4.54. The van der Waals surface area contributed by atoms with E-state index < -0.39 is 42.4 Å². The van der Waals surface area contributed by atoms with E-state index in [4.69, 9.17) is 29.9 Å². The maximum absolute atomic E-state index is 12.3. The van der Waals surface area contributed by atoms with Crippen molar-refractivity contribution < 1.29 is 33.7 Å². The largest absolute Gasteiger partial charge is 0.456 e. The molecule has 2 saturated heterocycles. The lowest BCUT2D eigenvalue weighted by Gasteiger charge is -2.20. The molecule has 0 bridgehead atoms. The molecule has 5 unspecified atom stereocenters. The van der Waals surface area contributed by atoms with Crippen molar-refractivity contribution in [2.24, 2.45) is 22.7 Å². The number of rotatable bonds is 9. The van der Waals surface area contributed by atoms with Gasteiger partial charge in [0.15, 0.2) is 12.2 Å². The van der Waals surface area contributed by atoms with Gasteiger partial charge in [0.05, 0.1) is 13.2 Å². The van der Waals surface area contributed by atoms with E-state index in [-0.39, 0.29) is 30.8 Å². The Labute approximate surface area is 164 Å². The third kappa shape index (κ3) is 5.87. The minimum atomic E-state index is -0.699. The first-order chi connectivity index (χ1) is 13.2. The molecule has 2 rings (SSSR count). The number of carbonyl (C=O) groups is 2. The highest BCUT2D eigenvalue weighted by Crippen LogP contribution is 2.31. The highest BCUT2D eigenvalue weighted by molar-refractivity contribution is 6.36. The molecule has 0 aromatic rings. The zero-order valence-corrected chi connectivity index (χ0v) is 16.8. The summed E-state index contributed by atoms with van der Waals surface area (Å²) in [6.07, 6.45) is -1.44. The van der Waals surface area contributed by atoms with Crippen molar-refractivity contribution in [2.75, 3.05) is 13.2 Å². The number of hydrogen-bond acceptors (Lipinski definition) is 10. The molecular weight excluding hydrogens is 370 g/mol. The summed E-state index contributed by atoms with van der Waals surface area (Å²) in [5.41, 5.74) is 7.57. The van der Waals surface area contributed by atoms with E-state index in [9.17, 15) is 9.59 Å². The molecule has 10 nitrogen and oxygen atoms in total. The van der Waals surface area contributed by atoms with E-state index in [0.717, 1.165) is 0 Å². The van der Waals surface area contributed by atoms with Gasteiger partial charge in [0.25, 0.3) is 0 Å². The first-order valence-electron chi connectivity index (χ1n) is 9.58. The molecule has 0 spiro atoms. The van der Waals surface area contributed by atoms with Crippen LogP contribution >= 0.6 is 0 Å². The monoisotopic (exact) mass is 401 g/mol. The minimum absolute atomic E-state index is 0.0709. The molecule has 0 radical (unpaired) electrons. The maximum Gasteiger partial charge on any atom is 0.355 e. The number of hydrazone groups is 1. The standard InChI is InChI=1S/C18H31N3O7/c1-9(2)5-11(19)17(22)27-13-7-25-16-14(8-26-15(13)16)28-18(23)12(20-21-24)6-10(3)4/h9-11,13-16,21,24H,5-8,19H2,1-4H3/b20-12-. The lowest BCUT2D eigenvalue weighted by atomic mass is 10.0. The van der Waals surface area contributed by atoms with Gasteiger partial charge in [-0.2, -0.15) is 10.7 Å². The van der Waals surface area contributed by atoms with Crippen LogP contribution in [0.1, 0.15) is 40.5 Å². The van der Waals surface area contributed by atoms with Crippen LogP contribution in [0, 0.1) is 11.8 Å². The Morgan fingerprint density at radius 3 is 2.18 bits per heavy atom. The van der Waals surface area contributed by atoms with Crippen LogP contribution in [0.4, 0.5) is 0 Å². The van der Waals surface area contributed by atoms with Crippen molar-refractivity contribution in [2.45, 2.75) is 71.0 Å². The first kappa shape index (κ1) is 22.5. The van der Waals surface area contributed by atoms with Gasteiger partial charge in [-0.3, -0.25) is 10.0 Å². The molecule has 0 saturated carbocycles. The predicted molar refractivity (Wildman–Crippen MR) is 98.5 cm³/mol. The van der Waals surface area contributed by atoms with Crippen LogP contribution in [0.25, 0.3) is 0 Å². The summed E-state index contributed by atoms with van der Waals surface area (Å²) in [5.74, 6) is -0.731. The zero-order valence-electron chi connectivity index (χ0n) is 16.8. The van der Waals surface area contributed by atoms with Gasteiger partial charge in [-0.05, 0) is 18.3 Å². The first-order valence-corrected chi connectivity index (χ1v) is 9.58. The Kier molecular flexibility index (Phi) is 8.17. The number of fused-ring (bicyclic) bond motifs is 1. The topological polar surface area (TPSA) is 142 Å². The second-order valence-corrected chi connectivity index (χ2v) is 8.01. The Hall–Kier alpha value is -1.75. The van der Waals surface area contributed by atoms with Gasteiger partial charge in [0.2, 0.25) is 0 Å². The summed E-state index contributed by atoms with van der Waals surface area (Å²) < 4.78 is 22.2. The van der Waals surface area contributed by atoms with E-state index in [0.29, 0.717) is 12.8 Å². The van der Waals surface area contributed by atoms with Crippen LogP contribution in [-0.2, 0) is 28.5 Å². The third-order valence-electron chi connectivity index (χ3n) is 4.54. The van der Waals surface area contributed by atoms with Crippen LogP contribution in [0.5, 0.6) is 0 Å². The molecule has 0 aromatic heterocycles. The number of hydrogen-bond donors (Lipinski definition) is 3. The fraction of sp³-hybridized carbons (Fsp3) is 0.833. The highest BCUT2D eigenvalue weighted by atomic mass is 16.7. The predicted octanol–water partition coefficient (Wildman–Crippen LogP) is 0.362. The van der Waals surface area contributed by atoms with Gasteiger partial charge in [-0.15, -0.1) is 0 Å². The van der Waals surface area contributed by atoms with E-state index >= 15 is 0 Å². The molecule has 2 heterocycles. The number of nitrogens with one attached hydrogen (secondary N) is 1. The van der Waals surface area contributed by atoms with Gasteiger partial charge in [-0.25, -0.2) is 4.79 Å². The van der Waals surface area contributed by atoms with Crippen molar-refractivity contribution in [1.29, 1.82) is 0 Å². The lowest BCUT2D eigenvalue weighted by Crippen LogP contribution is -2.41. The molecule has 2 aliphatic heterocycles. The number of nitrogens with zero attached hydrogens (tertiary/aromatic N) is 1. The van der Waals surface area contributed by atoms with Crippen molar-refractivity contribution in [3.63, 3.8) is 0 Å². The molecule has 2 fully saturated rings. The van der Waals surface area contributed by atoms with Gasteiger partial charge in [0.1, 0.15) is 24.0 Å². The van der Waals surface area contributed by atoms with E-state index in [2.05, 4.69) is 5.10 Å². The highest BCUT2D eigenvalue weighted by Gasteiger charge is 2.51. The quantitative estimate of drug-likeness (QED) is 0.283. The molecule has 0 aliphatic carbocycles. The van der Waals surface area contributed by atoms with Crippen LogP contribution in [0.3, 0.4) is 0 Å². The SMILES string of the molecule is CC(C)C/C(=N/NO)C(=O)OC1COC2C(OC(=O)C(N)CC(C)C)COC12. The molecule has 4 N–H and O–H groups in total. The summed E-state index contributed by atoms with van der Waals surface area (Å²) in [5, 5.41) is 12.3. The molecule has 160 valence electrons. The summed E-state index contributed by atoms with van der Waals surface area (Å²) in [4.78, 5) is 24.5. The summed E-state index contributed by atoms with van der Waals surface area (Å²) in [6, 6.07) is -0.699. The number of carbonyl (C=O) groups excluding carboxylic acids is 2. The Morgan fingerprint density at radius 2 is 1.68 bits per heavy atom. The molecule has 10 heteroatoms. The molecule has 0 aromatic carbocycles. The maximum atomic E-state index is 12.3. The van der Waals surface area contributed by atoms with Crippen LogP contribution in [-0.4, -0.2) is 66.5 Å². The number of nitrogens with two attached hydrogens (primary N) is 1. The van der Waals surface area contributed by atoms with Gasteiger partial charge < -0.3 is 24.7 Å².